The SMILES string of the molecule is CC1(C)OC2(C)C(CC1Br)OC1(C)CC3OC1CC32. The Morgan fingerprint density at radius 2 is 1.79 bits per heavy atom. The molecule has 0 N–H and O–H groups in total. The quantitative estimate of drug-likeness (QED) is 0.639. The fourth-order valence-electron chi connectivity index (χ4n) is 4.79. The van der Waals surface area contributed by atoms with Gasteiger partial charge < -0.3 is 14.2 Å². The van der Waals surface area contributed by atoms with Gasteiger partial charge in [-0.05, 0) is 40.5 Å². The molecule has 0 spiro atoms. The predicted molar refractivity (Wildman–Crippen MR) is 75.6 cm³/mol. The van der Waals surface area contributed by atoms with Crippen LogP contribution in [0.1, 0.15) is 47.0 Å². The highest BCUT2D eigenvalue weighted by molar-refractivity contribution is 9.09. The van der Waals surface area contributed by atoms with Gasteiger partial charge in [-0.25, -0.2) is 0 Å². The smallest absolute Gasteiger partial charge is 0.0977 e. The lowest BCUT2D eigenvalue weighted by Crippen LogP contribution is -2.61. The Kier molecular flexibility index (Phi) is 2.45. The molecule has 19 heavy (non-hydrogen) atoms. The molecule has 5 fully saturated rings. The first kappa shape index (κ1) is 13.1. The van der Waals surface area contributed by atoms with Crippen molar-refractivity contribution in [3.8, 4) is 0 Å². The molecular weight excluding hydrogens is 308 g/mol. The summed E-state index contributed by atoms with van der Waals surface area (Å²) < 4.78 is 19.2. The molecule has 0 saturated carbocycles. The van der Waals surface area contributed by atoms with Crippen LogP contribution in [0.15, 0.2) is 0 Å². The molecular formula is C15H23BrO3. The molecule has 3 nitrogen and oxygen atoms in total. The maximum absolute atomic E-state index is 6.58. The van der Waals surface area contributed by atoms with Gasteiger partial charge in [-0.1, -0.05) is 15.9 Å². The van der Waals surface area contributed by atoms with Crippen molar-refractivity contribution in [2.24, 2.45) is 5.92 Å². The Hall–Kier alpha value is 0.360. The van der Waals surface area contributed by atoms with E-state index >= 15 is 0 Å². The first-order valence-corrected chi connectivity index (χ1v) is 8.34. The molecule has 7 unspecified atom stereocenters. The van der Waals surface area contributed by atoms with E-state index in [0.29, 0.717) is 16.8 Å². The first-order chi connectivity index (χ1) is 8.75. The van der Waals surface area contributed by atoms with Gasteiger partial charge in [0.05, 0.1) is 35.1 Å². The number of hydrogen-bond donors (Lipinski definition) is 0. The normalized spacial score (nSPS) is 62.1. The van der Waals surface area contributed by atoms with Crippen molar-refractivity contribution < 1.29 is 14.2 Å². The summed E-state index contributed by atoms with van der Waals surface area (Å²) in [6, 6.07) is 0. The van der Waals surface area contributed by atoms with Crippen LogP contribution in [0.25, 0.3) is 0 Å². The van der Waals surface area contributed by atoms with Gasteiger partial charge in [-0.2, -0.15) is 0 Å². The van der Waals surface area contributed by atoms with Crippen molar-refractivity contribution >= 4 is 15.9 Å². The zero-order chi connectivity index (χ0) is 13.6. The topological polar surface area (TPSA) is 27.7 Å². The van der Waals surface area contributed by atoms with Crippen molar-refractivity contribution in [1.29, 1.82) is 0 Å². The van der Waals surface area contributed by atoms with E-state index in [9.17, 15) is 0 Å². The van der Waals surface area contributed by atoms with Crippen molar-refractivity contribution in [3.63, 3.8) is 0 Å². The lowest BCUT2D eigenvalue weighted by atomic mass is 9.71. The van der Waals surface area contributed by atoms with Crippen LogP contribution in [0.4, 0.5) is 0 Å². The fourth-order valence-corrected chi connectivity index (χ4v) is 5.23. The lowest BCUT2D eigenvalue weighted by molar-refractivity contribution is -0.259. The molecule has 0 radical (unpaired) electrons. The van der Waals surface area contributed by atoms with Crippen LogP contribution < -0.4 is 0 Å². The molecule has 7 atom stereocenters. The number of halogens is 1. The molecule has 5 aliphatic rings. The van der Waals surface area contributed by atoms with Crippen LogP contribution >= 0.6 is 15.9 Å². The summed E-state index contributed by atoms with van der Waals surface area (Å²) in [5, 5.41) is 0. The molecule has 4 bridgehead atoms. The highest BCUT2D eigenvalue weighted by Gasteiger charge is 2.68. The van der Waals surface area contributed by atoms with E-state index in [1.165, 1.54) is 0 Å². The minimum Gasteiger partial charge on any atom is -0.371 e. The second-order valence-electron chi connectivity index (χ2n) is 7.72. The van der Waals surface area contributed by atoms with E-state index in [4.69, 9.17) is 14.2 Å². The van der Waals surface area contributed by atoms with Crippen LogP contribution in [-0.2, 0) is 14.2 Å². The summed E-state index contributed by atoms with van der Waals surface area (Å²) in [4.78, 5) is 0.344. The molecule has 5 heterocycles. The van der Waals surface area contributed by atoms with Crippen molar-refractivity contribution in [3.05, 3.63) is 0 Å². The average molecular weight is 331 g/mol. The highest BCUT2D eigenvalue weighted by Crippen LogP contribution is 2.59. The summed E-state index contributed by atoms with van der Waals surface area (Å²) in [7, 11) is 0. The van der Waals surface area contributed by atoms with Crippen molar-refractivity contribution in [1.82, 2.24) is 0 Å². The third kappa shape index (κ3) is 1.55. The molecule has 5 saturated heterocycles. The Morgan fingerprint density at radius 1 is 1.05 bits per heavy atom. The Morgan fingerprint density at radius 3 is 2.42 bits per heavy atom. The van der Waals surface area contributed by atoms with E-state index in [2.05, 4.69) is 43.6 Å². The van der Waals surface area contributed by atoms with E-state index in [1.54, 1.807) is 0 Å². The molecule has 0 aromatic heterocycles. The first-order valence-electron chi connectivity index (χ1n) is 7.42. The second-order valence-corrected chi connectivity index (χ2v) is 8.83. The highest BCUT2D eigenvalue weighted by atomic mass is 79.9. The monoisotopic (exact) mass is 330 g/mol. The second kappa shape index (κ2) is 3.57. The largest absolute Gasteiger partial charge is 0.371 e. The van der Waals surface area contributed by atoms with Crippen LogP contribution in [-0.4, -0.2) is 39.9 Å². The maximum Gasteiger partial charge on any atom is 0.0977 e. The number of hydrogen-bond acceptors (Lipinski definition) is 3. The molecule has 0 aromatic rings. The summed E-state index contributed by atoms with van der Waals surface area (Å²) in [6.45, 7) is 8.83. The zero-order valence-corrected chi connectivity index (χ0v) is 13.7. The fraction of sp³-hybridized carbons (Fsp3) is 1.00. The van der Waals surface area contributed by atoms with Gasteiger partial charge in [0.25, 0.3) is 0 Å². The average Bonchev–Trinajstić information content (AvgIpc) is 2.78. The van der Waals surface area contributed by atoms with Gasteiger partial charge in [0.2, 0.25) is 0 Å². The van der Waals surface area contributed by atoms with E-state index in [-0.39, 0.29) is 29.0 Å². The lowest BCUT2D eigenvalue weighted by Gasteiger charge is -2.52. The van der Waals surface area contributed by atoms with Gasteiger partial charge in [0, 0.05) is 17.2 Å². The summed E-state index contributed by atoms with van der Waals surface area (Å²) in [6.07, 6.45) is 3.93. The zero-order valence-electron chi connectivity index (χ0n) is 12.1. The van der Waals surface area contributed by atoms with Crippen molar-refractivity contribution in [2.75, 3.05) is 0 Å². The van der Waals surface area contributed by atoms with Gasteiger partial charge in [-0.15, -0.1) is 0 Å². The maximum atomic E-state index is 6.58. The Balaban J connectivity index is 1.76. The number of alkyl halides is 1. The predicted octanol–water partition coefficient (Wildman–Crippen LogP) is 3.04. The Labute approximate surface area is 123 Å². The van der Waals surface area contributed by atoms with E-state index in [1.807, 2.05) is 0 Å². The molecule has 0 aromatic carbocycles. The standard InChI is InChI=1S/C15H23BrO3/c1-13(2)10(16)6-12-15(4,19-13)8-5-11-14(3,18-12)7-9(8)17-11/h8-12H,5-7H2,1-4H3. The third-order valence-electron chi connectivity index (χ3n) is 5.99. The molecule has 0 amide bonds. The van der Waals surface area contributed by atoms with E-state index in [0.717, 1.165) is 19.3 Å². The Bertz CT molecular complexity index is 426. The summed E-state index contributed by atoms with van der Waals surface area (Å²) in [5.41, 5.74) is -0.453. The molecule has 5 aliphatic heterocycles. The minimum atomic E-state index is -0.207. The molecule has 0 aliphatic carbocycles. The summed E-state index contributed by atoms with van der Waals surface area (Å²) >= 11 is 3.79. The van der Waals surface area contributed by atoms with Gasteiger partial charge in [0.15, 0.2) is 0 Å². The number of rotatable bonds is 0. The molecule has 5 rings (SSSR count). The van der Waals surface area contributed by atoms with Crippen LogP contribution in [0, 0.1) is 5.92 Å². The summed E-state index contributed by atoms with van der Waals surface area (Å²) in [5.74, 6) is 0.484. The number of ether oxygens (including phenoxy) is 3. The molecule has 108 valence electrons. The van der Waals surface area contributed by atoms with Crippen LogP contribution in [0.2, 0.25) is 0 Å². The minimum absolute atomic E-state index is 0.0961. The van der Waals surface area contributed by atoms with Crippen LogP contribution in [0.5, 0.6) is 0 Å². The molecule has 4 heteroatoms. The van der Waals surface area contributed by atoms with Crippen molar-refractivity contribution in [2.45, 2.75) is 86.9 Å². The van der Waals surface area contributed by atoms with Gasteiger partial charge in [-0.3, -0.25) is 0 Å². The van der Waals surface area contributed by atoms with E-state index < -0.39 is 0 Å². The third-order valence-corrected chi connectivity index (χ3v) is 7.47. The van der Waals surface area contributed by atoms with Gasteiger partial charge in [0.1, 0.15) is 0 Å². The van der Waals surface area contributed by atoms with Crippen LogP contribution in [0.3, 0.4) is 0 Å². The van der Waals surface area contributed by atoms with Gasteiger partial charge >= 0.3 is 0 Å².